The molecule has 1 aliphatic rings. The van der Waals surface area contributed by atoms with Gasteiger partial charge in [-0.15, -0.1) is 0 Å². The number of fused-ring (bicyclic) bond motifs is 3. The summed E-state index contributed by atoms with van der Waals surface area (Å²) in [7, 11) is 0. The van der Waals surface area contributed by atoms with Gasteiger partial charge in [0.15, 0.2) is 0 Å². The number of halogens is 2. The quantitative estimate of drug-likeness (QED) is 0.562. The molecular formula is C21H21Cl2N3O. The molecule has 0 aliphatic heterocycles. The summed E-state index contributed by atoms with van der Waals surface area (Å²) in [5.41, 5.74) is 4.87. The summed E-state index contributed by atoms with van der Waals surface area (Å²) >= 11 is 12.2. The van der Waals surface area contributed by atoms with Crippen molar-refractivity contribution in [3.05, 3.63) is 63.3 Å². The molecule has 2 aromatic carbocycles. The van der Waals surface area contributed by atoms with E-state index in [1.807, 2.05) is 18.2 Å². The summed E-state index contributed by atoms with van der Waals surface area (Å²) in [4.78, 5) is 16.1. The van der Waals surface area contributed by atoms with Gasteiger partial charge < -0.3 is 15.6 Å². The summed E-state index contributed by atoms with van der Waals surface area (Å²) < 4.78 is 0. The zero-order valence-corrected chi connectivity index (χ0v) is 16.5. The Bertz CT molecular complexity index is 1010. The Morgan fingerprint density at radius 1 is 1.26 bits per heavy atom. The highest BCUT2D eigenvalue weighted by atomic mass is 35.5. The van der Waals surface area contributed by atoms with Gasteiger partial charge in [0.25, 0.3) is 5.91 Å². The molecule has 1 heterocycles. The molecule has 0 saturated heterocycles. The van der Waals surface area contributed by atoms with Crippen LogP contribution in [-0.2, 0) is 12.8 Å². The van der Waals surface area contributed by atoms with E-state index in [9.17, 15) is 4.79 Å². The van der Waals surface area contributed by atoms with Crippen molar-refractivity contribution in [2.24, 2.45) is 0 Å². The monoisotopic (exact) mass is 401 g/mol. The minimum atomic E-state index is -0.267. The van der Waals surface area contributed by atoms with Crippen molar-refractivity contribution in [1.82, 2.24) is 10.3 Å². The molecule has 0 saturated carbocycles. The van der Waals surface area contributed by atoms with Crippen molar-refractivity contribution in [2.75, 3.05) is 11.9 Å². The number of benzene rings is 2. The molecule has 140 valence electrons. The van der Waals surface area contributed by atoms with Gasteiger partial charge in [0.1, 0.15) is 0 Å². The van der Waals surface area contributed by atoms with Crippen molar-refractivity contribution in [3.8, 4) is 0 Å². The van der Waals surface area contributed by atoms with Crippen molar-refractivity contribution in [2.45, 2.75) is 32.2 Å². The molecule has 3 N–H and O–H groups in total. The van der Waals surface area contributed by atoms with E-state index in [0.29, 0.717) is 16.6 Å². The lowest BCUT2D eigenvalue weighted by Crippen LogP contribution is -2.34. The summed E-state index contributed by atoms with van der Waals surface area (Å²) in [5, 5.41) is 8.30. The molecule has 0 radical (unpaired) electrons. The number of hydrogen-bond donors (Lipinski definition) is 3. The average Bonchev–Trinajstić information content (AvgIpc) is 3.01. The fourth-order valence-electron chi connectivity index (χ4n) is 3.84. The smallest absolute Gasteiger partial charge is 0.257 e. The maximum atomic E-state index is 12.6. The Balaban J connectivity index is 1.63. The Hall–Kier alpha value is -2.01. The number of H-pyrrole nitrogens is 1. The van der Waals surface area contributed by atoms with E-state index in [1.54, 1.807) is 18.2 Å². The van der Waals surface area contributed by atoms with E-state index < -0.39 is 0 Å². The van der Waals surface area contributed by atoms with Gasteiger partial charge in [-0.1, -0.05) is 36.2 Å². The number of nitrogens with one attached hydrogen (secondary N) is 3. The van der Waals surface area contributed by atoms with Gasteiger partial charge in [-0.05, 0) is 61.7 Å². The predicted molar refractivity (Wildman–Crippen MR) is 112 cm³/mol. The normalized spacial score (nSPS) is 16.3. The SMILES string of the molecule is CCNC1CCc2[nH]c3ccc(NC(=O)c4cccc(Cl)c4Cl)cc3c2C1. The first-order valence-corrected chi connectivity index (χ1v) is 9.94. The average molecular weight is 402 g/mol. The molecule has 6 heteroatoms. The molecule has 4 nitrogen and oxygen atoms in total. The third-order valence-corrected chi connectivity index (χ3v) is 5.95. The highest BCUT2D eigenvalue weighted by molar-refractivity contribution is 6.44. The molecule has 0 spiro atoms. The Labute approximate surface area is 168 Å². The van der Waals surface area contributed by atoms with Crippen LogP contribution in [0.1, 0.15) is 35.0 Å². The predicted octanol–water partition coefficient (Wildman–Crippen LogP) is 5.19. The second kappa shape index (κ2) is 7.55. The zero-order chi connectivity index (χ0) is 19.0. The van der Waals surface area contributed by atoms with Gasteiger partial charge in [-0.2, -0.15) is 0 Å². The Kier molecular flexibility index (Phi) is 5.13. The third-order valence-electron chi connectivity index (χ3n) is 5.13. The van der Waals surface area contributed by atoms with Crippen molar-refractivity contribution in [3.63, 3.8) is 0 Å². The van der Waals surface area contributed by atoms with Gasteiger partial charge in [0.2, 0.25) is 0 Å². The Morgan fingerprint density at radius 2 is 2.11 bits per heavy atom. The topological polar surface area (TPSA) is 56.9 Å². The first-order chi connectivity index (χ1) is 13.1. The first kappa shape index (κ1) is 18.4. The molecule has 1 amide bonds. The number of carbonyl (C=O) groups is 1. The van der Waals surface area contributed by atoms with E-state index in [1.165, 1.54) is 16.6 Å². The number of amides is 1. The van der Waals surface area contributed by atoms with Crippen LogP contribution in [0.2, 0.25) is 10.0 Å². The van der Waals surface area contributed by atoms with Gasteiger partial charge in [0.05, 0.1) is 15.6 Å². The number of likely N-dealkylation sites (N-methyl/N-ethyl adjacent to an activating group) is 1. The lowest BCUT2D eigenvalue weighted by Gasteiger charge is -2.23. The van der Waals surface area contributed by atoms with Crippen LogP contribution in [0.5, 0.6) is 0 Å². The summed E-state index contributed by atoms with van der Waals surface area (Å²) in [6.45, 7) is 3.11. The molecule has 4 rings (SSSR count). The van der Waals surface area contributed by atoms with Crippen LogP contribution in [-0.4, -0.2) is 23.5 Å². The number of anilines is 1. The van der Waals surface area contributed by atoms with E-state index >= 15 is 0 Å². The van der Waals surface area contributed by atoms with Gasteiger partial charge in [-0.3, -0.25) is 4.79 Å². The molecule has 1 aliphatic carbocycles. The molecule has 0 fully saturated rings. The number of carbonyl (C=O) groups excluding carboxylic acids is 1. The molecular weight excluding hydrogens is 381 g/mol. The van der Waals surface area contributed by atoms with Crippen LogP contribution in [0.25, 0.3) is 10.9 Å². The van der Waals surface area contributed by atoms with Gasteiger partial charge in [0, 0.05) is 28.3 Å². The van der Waals surface area contributed by atoms with Crippen LogP contribution in [0, 0.1) is 0 Å². The standard InChI is InChI=1S/C21H21Cl2N3O/c1-2-24-12-6-8-18-15(10-12)16-11-13(7-9-19(16)26-18)25-21(27)14-4-3-5-17(22)20(14)23/h3-5,7,9,11-12,24,26H,2,6,8,10H2,1H3,(H,25,27). The number of hydrogen-bond acceptors (Lipinski definition) is 2. The fourth-order valence-corrected chi connectivity index (χ4v) is 4.22. The molecule has 1 aromatic heterocycles. The lowest BCUT2D eigenvalue weighted by molar-refractivity contribution is 0.102. The minimum Gasteiger partial charge on any atom is -0.358 e. The number of aryl methyl sites for hydroxylation is 1. The first-order valence-electron chi connectivity index (χ1n) is 9.19. The van der Waals surface area contributed by atoms with Crippen LogP contribution >= 0.6 is 23.2 Å². The molecule has 3 aromatic rings. The van der Waals surface area contributed by atoms with E-state index in [0.717, 1.165) is 37.0 Å². The molecule has 1 unspecified atom stereocenters. The third kappa shape index (κ3) is 3.57. The zero-order valence-electron chi connectivity index (χ0n) is 15.0. The second-order valence-corrected chi connectivity index (χ2v) is 7.68. The Morgan fingerprint density at radius 3 is 2.93 bits per heavy atom. The number of aromatic amines is 1. The maximum Gasteiger partial charge on any atom is 0.257 e. The van der Waals surface area contributed by atoms with Crippen LogP contribution < -0.4 is 10.6 Å². The van der Waals surface area contributed by atoms with Gasteiger partial charge in [-0.25, -0.2) is 0 Å². The highest BCUT2D eigenvalue weighted by Gasteiger charge is 2.22. The van der Waals surface area contributed by atoms with E-state index in [4.69, 9.17) is 23.2 Å². The largest absolute Gasteiger partial charge is 0.358 e. The second-order valence-electron chi connectivity index (χ2n) is 6.90. The minimum absolute atomic E-state index is 0.267. The molecule has 1 atom stereocenters. The summed E-state index contributed by atoms with van der Waals surface area (Å²) in [6, 6.07) is 11.5. The van der Waals surface area contributed by atoms with Crippen molar-refractivity contribution < 1.29 is 4.79 Å². The summed E-state index contributed by atoms with van der Waals surface area (Å²) in [5.74, 6) is -0.267. The molecule has 27 heavy (non-hydrogen) atoms. The molecule has 0 bridgehead atoms. The number of rotatable bonds is 4. The van der Waals surface area contributed by atoms with Crippen molar-refractivity contribution >= 4 is 45.7 Å². The lowest BCUT2D eigenvalue weighted by atomic mass is 9.91. The van der Waals surface area contributed by atoms with Crippen LogP contribution in [0.3, 0.4) is 0 Å². The van der Waals surface area contributed by atoms with E-state index in [-0.39, 0.29) is 10.9 Å². The number of aromatic nitrogens is 1. The maximum absolute atomic E-state index is 12.6. The van der Waals surface area contributed by atoms with Crippen LogP contribution in [0.4, 0.5) is 5.69 Å². The summed E-state index contributed by atoms with van der Waals surface area (Å²) in [6.07, 6.45) is 3.19. The van der Waals surface area contributed by atoms with Gasteiger partial charge >= 0.3 is 0 Å². The van der Waals surface area contributed by atoms with E-state index in [2.05, 4.69) is 22.5 Å². The highest BCUT2D eigenvalue weighted by Crippen LogP contribution is 2.32. The van der Waals surface area contributed by atoms with Crippen molar-refractivity contribution in [1.29, 1.82) is 0 Å². The van der Waals surface area contributed by atoms with Crippen LogP contribution in [0.15, 0.2) is 36.4 Å². The fraction of sp³-hybridized carbons (Fsp3) is 0.286.